The van der Waals surface area contributed by atoms with Crippen molar-refractivity contribution < 1.29 is 0 Å². The first kappa shape index (κ1) is 14.8. The molecule has 116 valence electrons. The maximum atomic E-state index is 4.67. The lowest BCUT2D eigenvalue weighted by Crippen LogP contribution is -2.44. The van der Waals surface area contributed by atoms with Gasteiger partial charge < -0.3 is 10.2 Å². The number of nitrogens with zero attached hydrogens (tertiary/aromatic N) is 3. The van der Waals surface area contributed by atoms with Gasteiger partial charge in [0.1, 0.15) is 12.1 Å². The zero-order chi connectivity index (χ0) is 14.7. The molecule has 0 bridgehead atoms. The van der Waals surface area contributed by atoms with Gasteiger partial charge in [-0.1, -0.05) is 6.42 Å². The van der Waals surface area contributed by atoms with Crippen LogP contribution in [0.15, 0.2) is 6.33 Å². The molecule has 2 aliphatic rings. The van der Waals surface area contributed by atoms with Gasteiger partial charge in [-0.3, -0.25) is 0 Å². The smallest absolute Gasteiger partial charge is 0.135 e. The highest BCUT2D eigenvalue weighted by Gasteiger charge is 2.27. The third kappa shape index (κ3) is 3.20. The van der Waals surface area contributed by atoms with Crippen LogP contribution in [0.25, 0.3) is 0 Å². The molecule has 1 fully saturated rings. The fourth-order valence-corrected chi connectivity index (χ4v) is 3.80. The third-order valence-electron chi connectivity index (χ3n) is 5.27. The molecule has 1 saturated heterocycles. The minimum absolute atomic E-state index is 0.577. The van der Waals surface area contributed by atoms with Crippen molar-refractivity contribution >= 4 is 5.82 Å². The van der Waals surface area contributed by atoms with Crippen molar-refractivity contribution in [2.24, 2.45) is 5.92 Å². The van der Waals surface area contributed by atoms with E-state index in [1.165, 1.54) is 49.2 Å². The van der Waals surface area contributed by atoms with Crippen LogP contribution in [0.5, 0.6) is 0 Å². The summed E-state index contributed by atoms with van der Waals surface area (Å²) >= 11 is 0. The number of aromatic nitrogens is 2. The lowest BCUT2D eigenvalue weighted by molar-refractivity contribution is 0.332. The molecule has 0 spiro atoms. The van der Waals surface area contributed by atoms with Gasteiger partial charge in [0.15, 0.2) is 0 Å². The first-order chi connectivity index (χ1) is 10.3. The Bertz CT molecular complexity index is 474. The van der Waals surface area contributed by atoms with Crippen LogP contribution in [0.4, 0.5) is 5.82 Å². The second-order valence-electron chi connectivity index (χ2n) is 6.61. The monoisotopic (exact) mass is 288 g/mol. The van der Waals surface area contributed by atoms with E-state index in [2.05, 4.69) is 34.2 Å². The van der Waals surface area contributed by atoms with Gasteiger partial charge in [-0.25, -0.2) is 9.97 Å². The average Bonchev–Trinajstić information content (AvgIpc) is 2.79. The number of hydrogen-bond acceptors (Lipinski definition) is 4. The SMILES string of the molecule is CNC(C)C1CCCN(c2ncnc3c2CCCCC3)C1. The Morgan fingerprint density at radius 3 is 2.90 bits per heavy atom. The summed E-state index contributed by atoms with van der Waals surface area (Å²) in [5, 5.41) is 3.42. The zero-order valence-corrected chi connectivity index (χ0v) is 13.4. The first-order valence-electron chi connectivity index (χ1n) is 8.54. The molecule has 2 heterocycles. The summed E-state index contributed by atoms with van der Waals surface area (Å²) in [4.78, 5) is 11.7. The normalized spacial score (nSPS) is 24.3. The van der Waals surface area contributed by atoms with Gasteiger partial charge in [0.2, 0.25) is 0 Å². The van der Waals surface area contributed by atoms with Gasteiger partial charge in [-0.2, -0.15) is 0 Å². The largest absolute Gasteiger partial charge is 0.356 e. The van der Waals surface area contributed by atoms with E-state index in [9.17, 15) is 0 Å². The van der Waals surface area contributed by atoms with Crippen LogP contribution >= 0.6 is 0 Å². The highest BCUT2D eigenvalue weighted by molar-refractivity contribution is 5.49. The molecule has 4 heteroatoms. The molecule has 4 nitrogen and oxygen atoms in total. The van der Waals surface area contributed by atoms with E-state index in [-0.39, 0.29) is 0 Å². The van der Waals surface area contributed by atoms with Gasteiger partial charge in [-0.15, -0.1) is 0 Å². The van der Waals surface area contributed by atoms with E-state index in [1.807, 2.05) is 0 Å². The van der Waals surface area contributed by atoms with Gasteiger partial charge >= 0.3 is 0 Å². The molecular weight excluding hydrogens is 260 g/mol. The van der Waals surface area contributed by atoms with Gasteiger partial charge in [-0.05, 0) is 58.4 Å². The summed E-state index contributed by atoms with van der Waals surface area (Å²) in [5.74, 6) is 1.95. The maximum absolute atomic E-state index is 4.67. The summed E-state index contributed by atoms with van der Waals surface area (Å²) in [5.41, 5.74) is 2.74. The molecule has 21 heavy (non-hydrogen) atoms. The summed E-state index contributed by atoms with van der Waals surface area (Å²) in [7, 11) is 2.07. The summed E-state index contributed by atoms with van der Waals surface area (Å²) in [6.07, 6.45) is 10.6. The highest BCUT2D eigenvalue weighted by atomic mass is 15.2. The molecule has 0 radical (unpaired) electrons. The number of aryl methyl sites for hydroxylation is 1. The lowest BCUT2D eigenvalue weighted by Gasteiger charge is -2.37. The van der Waals surface area contributed by atoms with E-state index in [1.54, 1.807) is 6.33 Å². The van der Waals surface area contributed by atoms with Crippen LogP contribution in [0, 0.1) is 5.92 Å². The van der Waals surface area contributed by atoms with Crippen molar-refractivity contribution in [3.8, 4) is 0 Å². The number of anilines is 1. The number of nitrogens with one attached hydrogen (secondary N) is 1. The van der Waals surface area contributed by atoms with Crippen LogP contribution < -0.4 is 10.2 Å². The molecule has 1 aromatic heterocycles. The molecule has 1 N–H and O–H groups in total. The van der Waals surface area contributed by atoms with Gasteiger partial charge in [0, 0.05) is 30.4 Å². The van der Waals surface area contributed by atoms with Crippen LogP contribution in [-0.4, -0.2) is 36.1 Å². The summed E-state index contributed by atoms with van der Waals surface area (Å²) in [6.45, 7) is 4.58. The third-order valence-corrected chi connectivity index (χ3v) is 5.27. The van der Waals surface area contributed by atoms with E-state index < -0.39 is 0 Å². The fraction of sp³-hybridized carbons (Fsp3) is 0.765. The van der Waals surface area contributed by atoms with Crippen molar-refractivity contribution in [2.45, 2.75) is 57.9 Å². The molecule has 0 aromatic carbocycles. The van der Waals surface area contributed by atoms with Crippen LogP contribution in [0.2, 0.25) is 0 Å². The van der Waals surface area contributed by atoms with E-state index in [4.69, 9.17) is 0 Å². The standard InChI is InChI=1S/C17H28N4/c1-13(18-2)14-7-6-10-21(11-14)17-15-8-4-3-5-9-16(15)19-12-20-17/h12-14,18H,3-11H2,1-2H3. The number of fused-ring (bicyclic) bond motifs is 1. The Kier molecular flexibility index (Phi) is 4.73. The lowest BCUT2D eigenvalue weighted by atomic mass is 9.91. The van der Waals surface area contributed by atoms with Crippen molar-refractivity contribution in [2.75, 3.05) is 25.0 Å². The summed E-state index contributed by atoms with van der Waals surface area (Å²) in [6, 6.07) is 0.577. The molecule has 0 saturated carbocycles. The number of piperidine rings is 1. The highest BCUT2D eigenvalue weighted by Crippen LogP contribution is 2.30. The van der Waals surface area contributed by atoms with Crippen LogP contribution in [-0.2, 0) is 12.8 Å². The number of hydrogen-bond donors (Lipinski definition) is 1. The number of rotatable bonds is 3. The minimum Gasteiger partial charge on any atom is -0.356 e. The van der Waals surface area contributed by atoms with Crippen molar-refractivity contribution in [1.29, 1.82) is 0 Å². The molecule has 1 aliphatic carbocycles. The van der Waals surface area contributed by atoms with E-state index in [0.29, 0.717) is 6.04 Å². The topological polar surface area (TPSA) is 41.0 Å². The Balaban J connectivity index is 1.83. The minimum atomic E-state index is 0.577. The Hall–Kier alpha value is -1.16. The summed E-state index contributed by atoms with van der Waals surface area (Å²) < 4.78 is 0. The maximum Gasteiger partial charge on any atom is 0.135 e. The van der Waals surface area contributed by atoms with Crippen LogP contribution in [0.1, 0.15) is 50.3 Å². The molecule has 2 unspecified atom stereocenters. The zero-order valence-electron chi connectivity index (χ0n) is 13.4. The molecule has 0 amide bonds. The fourth-order valence-electron chi connectivity index (χ4n) is 3.80. The average molecular weight is 288 g/mol. The predicted octanol–water partition coefficient (Wildman–Crippen LogP) is 2.57. The molecule has 3 rings (SSSR count). The van der Waals surface area contributed by atoms with Crippen molar-refractivity contribution in [3.63, 3.8) is 0 Å². The molecule has 2 atom stereocenters. The second kappa shape index (κ2) is 6.73. The van der Waals surface area contributed by atoms with E-state index in [0.717, 1.165) is 31.8 Å². The Labute approximate surface area is 128 Å². The molecule has 1 aromatic rings. The van der Waals surface area contributed by atoms with Gasteiger partial charge in [0.05, 0.1) is 0 Å². The van der Waals surface area contributed by atoms with Crippen molar-refractivity contribution in [1.82, 2.24) is 15.3 Å². The first-order valence-corrected chi connectivity index (χ1v) is 8.54. The van der Waals surface area contributed by atoms with E-state index >= 15 is 0 Å². The molecule has 1 aliphatic heterocycles. The van der Waals surface area contributed by atoms with Crippen LogP contribution in [0.3, 0.4) is 0 Å². The Morgan fingerprint density at radius 1 is 1.19 bits per heavy atom. The predicted molar refractivity (Wildman–Crippen MR) is 86.7 cm³/mol. The Morgan fingerprint density at radius 2 is 2.05 bits per heavy atom. The second-order valence-corrected chi connectivity index (χ2v) is 6.61. The van der Waals surface area contributed by atoms with Crippen molar-refractivity contribution in [3.05, 3.63) is 17.6 Å². The quantitative estimate of drug-likeness (QED) is 0.868. The van der Waals surface area contributed by atoms with Gasteiger partial charge in [0.25, 0.3) is 0 Å². The molecular formula is C17H28N4.